The molecule has 2 aromatic heterocycles. The van der Waals surface area contributed by atoms with E-state index in [0.717, 1.165) is 35.8 Å². The molecule has 0 spiro atoms. The van der Waals surface area contributed by atoms with Gasteiger partial charge in [0.25, 0.3) is 0 Å². The highest BCUT2D eigenvalue weighted by Gasteiger charge is 2.25. The second kappa shape index (κ2) is 10.7. The Morgan fingerprint density at radius 3 is 2.72 bits per heavy atom. The summed E-state index contributed by atoms with van der Waals surface area (Å²) in [6.07, 6.45) is 5.47. The first-order chi connectivity index (χ1) is 15.0. The number of sulfonamides is 1. The average Bonchev–Trinajstić information content (AvgIpc) is 3.21. The SMILES string of the molecule is CCCS(=O)(=O)Nc1cccc(-c2nc(C3CCNCC3)sc2-c2ccncn2)c1F.Cl. The van der Waals surface area contributed by atoms with Gasteiger partial charge in [0.15, 0.2) is 5.82 Å². The summed E-state index contributed by atoms with van der Waals surface area (Å²) >= 11 is 1.52. The Morgan fingerprint density at radius 1 is 1.25 bits per heavy atom. The van der Waals surface area contributed by atoms with Crippen LogP contribution in [-0.2, 0) is 10.0 Å². The van der Waals surface area contributed by atoms with Gasteiger partial charge in [-0.25, -0.2) is 27.8 Å². The van der Waals surface area contributed by atoms with E-state index in [4.69, 9.17) is 4.98 Å². The number of thiazole rings is 1. The normalized spacial score (nSPS) is 14.7. The maximum atomic E-state index is 15.5. The Balaban J connectivity index is 0.00000289. The minimum absolute atomic E-state index is 0. The molecule has 2 N–H and O–H groups in total. The van der Waals surface area contributed by atoms with Crippen molar-refractivity contribution in [1.82, 2.24) is 20.3 Å². The van der Waals surface area contributed by atoms with Gasteiger partial charge in [-0.2, -0.15) is 0 Å². The highest BCUT2D eigenvalue weighted by molar-refractivity contribution is 7.92. The van der Waals surface area contributed by atoms with E-state index < -0.39 is 15.8 Å². The first kappa shape index (κ1) is 24.5. The van der Waals surface area contributed by atoms with Crippen molar-refractivity contribution in [3.05, 3.63) is 47.6 Å². The molecular weight excluding hydrogens is 473 g/mol. The number of nitrogens with zero attached hydrogens (tertiary/aromatic N) is 3. The number of benzene rings is 1. The number of piperidine rings is 1. The van der Waals surface area contributed by atoms with Crippen LogP contribution in [0.15, 0.2) is 36.8 Å². The number of hydrogen-bond acceptors (Lipinski definition) is 7. The molecule has 0 atom stereocenters. The maximum absolute atomic E-state index is 15.5. The van der Waals surface area contributed by atoms with Gasteiger partial charge in [-0.15, -0.1) is 23.7 Å². The highest BCUT2D eigenvalue weighted by atomic mass is 35.5. The molecule has 0 bridgehead atoms. The van der Waals surface area contributed by atoms with Crippen molar-refractivity contribution < 1.29 is 12.8 Å². The Labute approximate surface area is 197 Å². The number of rotatable bonds is 7. The van der Waals surface area contributed by atoms with Gasteiger partial charge in [0.2, 0.25) is 10.0 Å². The fraction of sp³-hybridized carbons (Fsp3) is 0.381. The Bertz CT molecular complexity index is 1150. The van der Waals surface area contributed by atoms with Crippen LogP contribution >= 0.6 is 23.7 Å². The van der Waals surface area contributed by atoms with Crippen LogP contribution < -0.4 is 10.0 Å². The molecule has 3 aromatic rings. The Kier molecular flexibility index (Phi) is 8.16. The fourth-order valence-corrected chi connectivity index (χ4v) is 6.00. The lowest BCUT2D eigenvalue weighted by Gasteiger charge is -2.20. The van der Waals surface area contributed by atoms with Crippen LogP contribution in [0.1, 0.15) is 37.1 Å². The molecule has 172 valence electrons. The maximum Gasteiger partial charge on any atom is 0.232 e. The van der Waals surface area contributed by atoms with Crippen LogP contribution in [-0.4, -0.2) is 42.2 Å². The molecule has 0 radical (unpaired) electrons. The minimum atomic E-state index is -3.62. The quantitative estimate of drug-likeness (QED) is 0.500. The molecule has 32 heavy (non-hydrogen) atoms. The van der Waals surface area contributed by atoms with Gasteiger partial charge in [0, 0.05) is 17.7 Å². The van der Waals surface area contributed by atoms with Gasteiger partial charge in [0.1, 0.15) is 6.33 Å². The largest absolute Gasteiger partial charge is 0.317 e. The van der Waals surface area contributed by atoms with E-state index in [1.54, 1.807) is 31.3 Å². The molecule has 0 amide bonds. The van der Waals surface area contributed by atoms with Crippen molar-refractivity contribution in [3.63, 3.8) is 0 Å². The third-order valence-corrected chi connectivity index (χ3v) is 7.86. The number of hydrogen-bond donors (Lipinski definition) is 2. The lowest BCUT2D eigenvalue weighted by atomic mass is 9.99. The lowest BCUT2D eigenvalue weighted by Crippen LogP contribution is -2.26. The van der Waals surface area contributed by atoms with E-state index in [-0.39, 0.29) is 29.4 Å². The predicted molar refractivity (Wildman–Crippen MR) is 128 cm³/mol. The molecule has 1 aliphatic rings. The van der Waals surface area contributed by atoms with Crippen LogP contribution in [0.4, 0.5) is 10.1 Å². The number of halogens is 2. The molecule has 1 aromatic carbocycles. The second-order valence-corrected chi connectivity index (χ2v) is 10.3. The van der Waals surface area contributed by atoms with Gasteiger partial charge in [0.05, 0.1) is 32.7 Å². The smallest absolute Gasteiger partial charge is 0.232 e. The molecule has 1 saturated heterocycles. The zero-order chi connectivity index (χ0) is 21.8. The number of nitrogens with one attached hydrogen (secondary N) is 2. The molecule has 1 aliphatic heterocycles. The first-order valence-corrected chi connectivity index (χ1v) is 12.7. The molecular formula is C21H25ClFN5O2S2. The topological polar surface area (TPSA) is 96.9 Å². The van der Waals surface area contributed by atoms with Crippen LogP contribution in [0.3, 0.4) is 0 Å². The highest BCUT2D eigenvalue weighted by Crippen LogP contribution is 2.41. The molecule has 1 fully saturated rings. The first-order valence-electron chi connectivity index (χ1n) is 10.3. The fourth-order valence-electron chi connectivity index (χ4n) is 3.64. The van der Waals surface area contributed by atoms with E-state index in [0.29, 0.717) is 23.7 Å². The predicted octanol–water partition coefficient (Wildman–Crippen LogP) is 4.45. The summed E-state index contributed by atoms with van der Waals surface area (Å²) in [4.78, 5) is 13.9. The van der Waals surface area contributed by atoms with Crippen molar-refractivity contribution in [2.24, 2.45) is 0 Å². The molecule has 0 saturated carbocycles. The van der Waals surface area contributed by atoms with Crippen molar-refractivity contribution in [2.45, 2.75) is 32.1 Å². The van der Waals surface area contributed by atoms with Crippen molar-refractivity contribution in [1.29, 1.82) is 0 Å². The van der Waals surface area contributed by atoms with Crippen molar-refractivity contribution in [3.8, 4) is 21.8 Å². The molecule has 4 rings (SSSR count). The Hall–Kier alpha value is -2.14. The molecule has 0 aliphatic carbocycles. The monoisotopic (exact) mass is 497 g/mol. The summed E-state index contributed by atoms with van der Waals surface area (Å²) in [7, 11) is -3.62. The summed E-state index contributed by atoms with van der Waals surface area (Å²) in [6, 6.07) is 6.46. The van der Waals surface area contributed by atoms with Gasteiger partial charge < -0.3 is 5.32 Å². The number of anilines is 1. The van der Waals surface area contributed by atoms with Gasteiger partial charge in [-0.1, -0.05) is 13.0 Å². The number of aromatic nitrogens is 3. The van der Waals surface area contributed by atoms with Crippen molar-refractivity contribution in [2.75, 3.05) is 23.6 Å². The summed E-state index contributed by atoms with van der Waals surface area (Å²) in [6.45, 7) is 3.61. The van der Waals surface area contributed by atoms with Crippen LogP contribution in [0.5, 0.6) is 0 Å². The van der Waals surface area contributed by atoms with Crippen molar-refractivity contribution >= 4 is 39.5 Å². The standard InChI is InChI=1S/C21H24FN5O2S2.ClH/c1-2-12-31(28,29)27-16-5-3-4-15(18(16)22)19-20(17-8-11-24-13-25-17)30-21(26-19)14-6-9-23-10-7-14;/h3-5,8,11,13-14,23,27H,2,6-7,9-10,12H2,1H3;1H. The summed E-state index contributed by atoms with van der Waals surface area (Å²) in [5.41, 5.74) is 1.32. The summed E-state index contributed by atoms with van der Waals surface area (Å²) in [5.74, 6) is -0.408. The van der Waals surface area contributed by atoms with Crippen LogP contribution in [0.2, 0.25) is 0 Å². The van der Waals surface area contributed by atoms with Crippen LogP contribution in [0.25, 0.3) is 21.8 Å². The molecule has 3 heterocycles. The summed E-state index contributed by atoms with van der Waals surface area (Å²) < 4.78 is 42.2. The van der Waals surface area contributed by atoms with Gasteiger partial charge >= 0.3 is 0 Å². The average molecular weight is 498 g/mol. The molecule has 11 heteroatoms. The molecule has 7 nitrogen and oxygen atoms in total. The van der Waals surface area contributed by atoms with E-state index in [2.05, 4.69) is 20.0 Å². The van der Waals surface area contributed by atoms with E-state index in [9.17, 15) is 8.42 Å². The van der Waals surface area contributed by atoms with E-state index in [1.165, 1.54) is 23.7 Å². The Morgan fingerprint density at radius 2 is 2.03 bits per heavy atom. The zero-order valence-corrected chi connectivity index (χ0v) is 20.0. The van der Waals surface area contributed by atoms with Crippen LogP contribution in [0, 0.1) is 5.82 Å². The zero-order valence-electron chi connectivity index (χ0n) is 17.5. The minimum Gasteiger partial charge on any atom is -0.317 e. The third-order valence-electron chi connectivity index (χ3n) is 5.14. The third kappa shape index (κ3) is 5.43. The van der Waals surface area contributed by atoms with Gasteiger partial charge in [-0.05, 0) is 50.6 Å². The molecule has 0 unspecified atom stereocenters. The van der Waals surface area contributed by atoms with E-state index in [1.807, 2.05) is 0 Å². The lowest BCUT2D eigenvalue weighted by molar-refractivity contribution is 0.459. The van der Waals surface area contributed by atoms with E-state index >= 15 is 4.39 Å². The second-order valence-electron chi connectivity index (χ2n) is 7.44. The summed E-state index contributed by atoms with van der Waals surface area (Å²) in [5, 5.41) is 4.29. The van der Waals surface area contributed by atoms with Gasteiger partial charge in [-0.3, -0.25) is 4.72 Å².